The smallest absolute Gasteiger partial charge is 0.358 e. The summed E-state index contributed by atoms with van der Waals surface area (Å²) in [6.45, 7) is 7.15. The molecule has 4 fully saturated rings. The van der Waals surface area contributed by atoms with Gasteiger partial charge in [0.1, 0.15) is 0 Å². The number of nitrogens with one attached hydrogen (secondary N) is 1. The molecule has 12 heteroatoms. The molecular weight excluding hydrogens is 617 g/mol. The molecule has 0 radical (unpaired) electrons. The molecule has 5 aromatic rings. The van der Waals surface area contributed by atoms with Gasteiger partial charge < -0.3 is 15.0 Å². The molecule has 238 valence electrons. The summed E-state index contributed by atoms with van der Waals surface area (Å²) in [5.41, 5.74) is 4.53. The molecule has 9 rings (SSSR count). The molecule has 0 unspecified atom stereocenters. The van der Waals surface area contributed by atoms with E-state index in [-0.39, 0.29) is 6.61 Å². The van der Waals surface area contributed by atoms with Gasteiger partial charge in [-0.1, -0.05) is 34.8 Å². The largest absolute Gasteiger partial charge is 0.461 e. The zero-order valence-electron chi connectivity index (χ0n) is 26.6. The highest BCUT2D eigenvalue weighted by molar-refractivity contribution is 7.22. The third-order valence-electron chi connectivity index (χ3n) is 10.2. The molecule has 46 heavy (non-hydrogen) atoms. The van der Waals surface area contributed by atoms with E-state index in [9.17, 15) is 4.79 Å². The summed E-state index contributed by atoms with van der Waals surface area (Å²) in [6, 6.07) is 10.00. The predicted molar refractivity (Wildman–Crippen MR) is 182 cm³/mol. The van der Waals surface area contributed by atoms with Gasteiger partial charge in [-0.25, -0.2) is 14.8 Å². The molecule has 4 aliphatic carbocycles. The molecule has 0 amide bonds. The lowest BCUT2D eigenvalue weighted by molar-refractivity contribution is -0.0638. The summed E-state index contributed by atoms with van der Waals surface area (Å²) in [5.74, 6) is 3.50. The Labute approximate surface area is 276 Å². The van der Waals surface area contributed by atoms with Crippen LogP contribution < -0.4 is 10.2 Å². The van der Waals surface area contributed by atoms with E-state index in [1.165, 1.54) is 49.9 Å². The van der Waals surface area contributed by atoms with Crippen LogP contribution >= 0.6 is 22.7 Å². The maximum Gasteiger partial charge on any atom is 0.358 e. The van der Waals surface area contributed by atoms with Crippen molar-refractivity contribution >= 4 is 60.8 Å². The van der Waals surface area contributed by atoms with E-state index in [1.54, 1.807) is 11.3 Å². The van der Waals surface area contributed by atoms with Crippen molar-refractivity contribution < 1.29 is 9.53 Å². The second-order valence-electron chi connectivity index (χ2n) is 13.5. The van der Waals surface area contributed by atoms with Crippen LogP contribution in [0.15, 0.2) is 36.5 Å². The van der Waals surface area contributed by atoms with Crippen molar-refractivity contribution in [3.05, 3.63) is 53.5 Å². The summed E-state index contributed by atoms with van der Waals surface area (Å²) in [4.78, 5) is 25.3. The highest BCUT2D eigenvalue weighted by atomic mass is 32.1. The van der Waals surface area contributed by atoms with E-state index in [0.29, 0.717) is 27.9 Å². The molecule has 0 spiro atoms. The number of thiazole rings is 2. The van der Waals surface area contributed by atoms with Gasteiger partial charge in [-0.3, -0.25) is 4.68 Å². The number of nitrogens with zero attached hydrogens (tertiary/aromatic N) is 7. The number of fused-ring (bicyclic) bond motifs is 1. The second-order valence-corrected chi connectivity index (χ2v) is 15.5. The number of carbonyl (C=O) groups is 1. The first-order chi connectivity index (χ1) is 22.3. The Bertz CT molecular complexity index is 1880. The number of ether oxygens (including phenoxy) is 1. The van der Waals surface area contributed by atoms with Gasteiger partial charge >= 0.3 is 5.97 Å². The van der Waals surface area contributed by atoms with Crippen LogP contribution in [0.2, 0.25) is 0 Å². The van der Waals surface area contributed by atoms with Crippen LogP contribution in [0.1, 0.15) is 67.2 Å². The van der Waals surface area contributed by atoms with Gasteiger partial charge in [-0.2, -0.15) is 5.10 Å². The fourth-order valence-corrected chi connectivity index (χ4v) is 10.4. The number of para-hydroxylation sites is 1. The van der Waals surface area contributed by atoms with Crippen LogP contribution in [-0.4, -0.2) is 49.6 Å². The fourth-order valence-electron chi connectivity index (χ4n) is 8.49. The van der Waals surface area contributed by atoms with Gasteiger partial charge in [0.05, 0.1) is 27.9 Å². The van der Waals surface area contributed by atoms with Gasteiger partial charge in [0.15, 0.2) is 27.6 Å². The number of aromatic nitrogens is 6. The Morgan fingerprint density at radius 1 is 1.07 bits per heavy atom. The van der Waals surface area contributed by atoms with Gasteiger partial charge in [0.2, 0.25) is 0 Å². The number of anilines is 4. The number of carbonyl (C=O) groups excluding carboxylic acids is 1. The van der Waals surface area contributed by atoms with Crippen LogP contribution in [0.3, 0.4) is 0 Å². The van der Waals surface area contributed by atoms with Crippen LogP contribution in [0.25, 0.3) is 20.7 Å². The number of benzene rings is 1. The Morgan fingerprint density at radius 2 is 1.80 bits per heavy atom. The third-order valence-corrected chi connectivity index (χ3v) is 12.3. The van der Waals surface area contributed by atoms with Crippen molar-refractivity contribution in [1.29, 1.82) is 0 Å². The number of hydrogen-bond acceptors (Lipinski definition) is 11. The zero-order valence-corrected chi connectivity index (χ0v) is 28.2. The van der Waals surface area contributed by atoms with Crippen molar-refractivity contribution in [3.8, 4) is 10.4 Å². The number of rotatable bonds is 9. The Morgan fingerprint density at radius 3 is 2.50 bits per heavy atom. The van der Waals surface area contributed by atoms with Crippen LogP contribution in [-0.2, 0) is 11.3 Å². The molecule has 0 saturated heterocycles. The normalized spacial score (nSPS) is 23.3. The van der Waals surface area contributed by atoms with Crippen molar-refractivity contribution in [2.24, 2.45) is 23.2 Å². The topological polar surface area (TPSA) is 111 Å². The lowest BCUT2D eigenvalue weighted by atomic mass is 9.49. The first-order valence-electron chi connectivity index (χ1n) is 16.2. The van der Waals surface area contributed by atoms with Crippen LogP contribution in [0.5, 0.6) is 0 Å². The average Bonchev–Trinajstić information content (AvgIpc) is 3.74. The molecule has 4 saturated carbocycles. The maximum atomic E-state index is 13.2. The summed E-state index contributed by atoms with van der Waals surface area (Å²) in [7, 11) is 1.89. The van der Waals surface area contributed by atoms with Crippen LogP contribution in [0, 0.1) is 37.0 Å². The SMILES string of the molecule is CCOC(=O)c1nc(N(C)c2cc(C)c(Nc3nc4ccccc4s3)nn2)sc1-c1cnn(CC23CC4CC(CC(C4)C2)C3)c1C. The summed E-state index contributed by atoms with van der Waals surface area (Å²) < 4.78 is 8.75. The van der Waals surface area contributed by atoms with E-state index in [2.05, 4.69) is 38.2 Å². The van der Waals surface area contributed by atoms with E-state index < -0.39 is 5.97 Å². The van der Waals surface area contributed by atoms with E-state index >= 15 is 0 Å². The number of aryl methyl sites for hydroxylation is 1. The predicted octanol–water partition coefficient (Wildman–Crippen LogP) is 7.93. The minimum absolute atomic E-state index is 0.277. The number of esters is 1. The summed E-state index contributed by atoms with van der Waals surface area (Å²) in [5, 5.41) is 18.6. The average molecular weight is 655 g/mol. The molecule has 10 nitrogen and oxygen atoms in total. The van der Waals surface area contributed by atoms with Gasteiger partial charge in [0.25, 0.3) is 0 Å². The minimum Gasteiger partial charge on any atom is -0.461 e. The summed E-state index contributed by atoms with van der Waals surface area (Å²) >= 11 is 3.03. The Hall–Kier alpha value is -3.90. The first-order valence-corrected chi connectivity index (χ1v) is 17.8. The van der Waals surface area contributed by atoms with Crippen molar-refractivity contribution in [1.82, 2.24) is 29.9 Å². The molecule has 1 aromatic carbocycles. The first kappa shape index (κ1) is 29.5. The van der Waals surface area contributed by atoms with Crippen LogP contribution in [0.4, 0.5) is 21.9 Å². The zero-order chi connectivity index (χ0) is 31.6. The molecule has 0 atom stereocenters. The lowest BCUT2D eigenvalue weighted by Gasteiger charge is -2.56. The van der Waals surface area contributed by atoms with Crippen molar-refractivity contribution in [2.45, 2.75) is 65.8 Å². The maximum absolute atomic E-state index is 13.2. The van der Waals surface area contributed by atoms with Crippen molar-refractivity contribution in [2.75, 3.05) is 23.9 Å². The molecule has 4 aliphatic rings. The van der Waals surface area contributed by atoms with E-state index in [0.717, 1.165) is 61.3 Å². The highest BCUT2D eigenvalue weighted by Gasteiger charge is 2.51. The van der Waals surface area contributed by atoms with Gasteiger partial charge in [-0.05, 0) is 106 Å². The molecule has 4 heterocycles. The molecule has 1 N–H and O–H groups in total. The van der Waals surface area contributed by atoms with E-state index in [1.807, 2.05) is 56.3 Å². The molecule has 0 aliphatic heterocycles. The molecule has 4 aromatic heterocycles. The standard InChI is InChI=1S/C34H38N8O2S2/c1-5-44-31(43)28-29(24-17-35-42(20(24)3)18-34-14-21-11-22(15-34)13-23(12-21)16-34)46-33(37-28)41(4)27-10-19(2)30(40-39-27)38-32-36-25-8-6-7-9-26(25)45-32/h6-10,17,21-23H,5,11-16,18H2,1-4H3,(H,36,38,40). The highest BCUT2D eigenvalue weighted by Crippen LogP contribution is 2.60. The van der Waals surface area contributed by atoms with Crippen molar-refractivity contribution in [3.63, 3.8) is 0 Å². The number of hydrogen-bond donors (Lipinski definition) is 1. The Kier molecular flexibility index (Phi) is 7.32. The van der Waals surface area contributed by atoms with E-state index in [4.69, 9.17) is 14.8 Å². The molecule has 4 bridgehead atoms. The van der Waals surface area contributed by atoms with Gasteiger partial charge in [-0.15, -0.1) is 10.2 Å². The van der Waals surface area contributed by atoms with Gasteiger partial charge in [0, 0.05) is 24.8 Å². The third kappa shape index (κ3) is 5.25. The summed E-state index contributed by atoms with van der Waals surface area (Å²) in [6.07, 6.45) is 10.2. The monoisotopic (exact) mass is 654 g/mol. The lowest BCUT2D eigenvalue weighted by Crippen LogP contribution is -2.48. The Balaban J connectivity index is 1.06. The minimum atomic E-state index is -0.431. The second kappa shape index (κ2) is 11.4. The fraction of sp³-hybridized carbons (Fsp3) is 0.471. The molecular formula is C34H38N8O2S2. The quantitative estimate of drug-likeness (QED) is 0.158.